The minimum atomic E-state index is -3.41. The molecule has 1 N–H and O–H groups in total. The highest BCUT2D eigenvalue weighted by molar-refractivity contribution is 7.89. The average Bonchev–Trinajstić information content (AvgIpc) is 2.80. The summed E-state index contributed by atoms with van der Waals surface area (Å²) >= 11 is 0. The van der Waals surface area contributed by atoms with Crippen LogP contribution in [0, 0.1) is 0 Å². The van der Waals surface area contributed by atoms with Gasteiger partial charge in [-0.1, -0.05) is 13.0 Å². The molecular weight excluding hydrogens is 276 g/mol. The van der Waals surface area contributed by atoms with E-state index in [1.54, 1.807) is 12.1 Å². The number of rotatable bonds is 5. The summed E-state index contributed by atoms with van der Waals surface area (Å²) in [6.45, 7) is 3.32. The number of anilines is 1. The van der Waals surface area contributed by atoms with Crippen LogP contribution < -0.4 is 4.90 Å². The van der Waals surface area contributed by atoms with Gasteiger partial charge in [0, 0.05) is 32.9 Å². The molecule has 1 aromatic carbocycles. The van der Waals surface area contributed by atoms with Gasteiger partial charge in [-0.15, -0.1) is 0 Å². The normalized spacial score (nSPS) is 16.6. The summed E-state index contributed by atoms with van der Waals surface area (Å²) in [5.74, 6) is 0. The maximum Gasteiger partial charge on any atom is 0.242 e. The fourth-order valence-electron chi connectivity index (χ4n) is 2.37. The smallest absolute Gasteiger partial charge is 0.242 e. The van der Waals surface area contributed by atoms with Gasteiger partial charge in [0.05, 0.1) is 11.0 Å². The van der Waals surface area contributed by atoms with Gasteiger partial charge in [-0.05, 0) is 30.5 Å². The van der Waals surface area contributed by atoms with E-state index in [0.29, 0.717) is 17.9 Å². The summed E-state index contributed by atoms with van der Waals surface area (Å²) in [5.41, 5.74) is 2.08. The van der Waals surface area contributed by atoms with Crippen LogP contribution in [0.25, 0.3) is 0 Å². The number of aliphatic hydroxyl groups excluding tert-OH is 1. The van der Waals surface area contributed by atoms with Gasteiger partial charge < -0.3 is 10.0 Å². The first-order valence-corrected chi connectivity index (χ1v) is 8.28. The molecule has 1 heterocycles. The van der Waals surface area contributed by atoms with E-state index in [1.807, 2.05) is 13.0 Å². The van der Waals surface area contributed by atoms with Crippen molar-refractivity contribution in [2.24, 2.45) is 0 Å². The monoisotopic (exact) mass is 298 g/mol. The van der Waals surface area contributed by atoms with E-state index in [1.165, 1.54) is 18.4 Å². The van der Waals surface area contributed by atoms with Crippen LogP contribution >= 0.6 is 0 Å². The Kier molecular flexibility index (Phi) is 4.36. The summed E-state index contributed by atoms with van der Waals surface area (Å²) in [4.78, 5) is 2.37. The Labute approximate surface area is 120 Å². The number of hydrogen-bond donors (Lipinski definition) is 1. The Hall–Kier alpha value is -1.11. The zero-order valence-corrected chi connectivity index (χ0v) is 13.0. The molecule has 2 rings (SSSR count). The molecule has 0 unspecified atom stereocenters. The van der Waals surface area contributed by atoms with Gasteiger partial charge in [0.15, 0.2) is 0 Å². The lowest BCUT2D eigenvalue weighted by atomic mass is 10.2. The van der Waals surface area contributed by atoms with E-state index in [4.69, 9.17) is 0 Å². The molecular formula is C14H22N2O3S. The first-order valence-electron chi connectivity index (χ1n) is 6.84. The molecule has 0 spiro atoms. The number of hydrogen-bond acceptors (Lipinski definition) is 4. The maximum atomic E-state index is 12.2. The van der Waals surface area contributed by atoms with Gasteiger partial charge in [-0.3, -0.25) is 0 Å². The third kappa shape index (κ3) is 2.82. The number of nitrogens with zero attached hydrogens (tertiary/aromatic N) is 2. The standard InChI is InChI=1S/C14H22N2O3S/c1-4-12(17)10-16-8-7-11-5-6-13(9-14(11)16)20(18,19)15(2)3/h5-6,9,12,17H,4,7-8,10H2,1-3H3/t12-/m1/s1. The van der Waals surface area contributed by atoms with E-state index >= 15 is 0 Å². The second kappa shape index (κ2) is 5.71. The molecule has 20 heavy (non-hydrogen) atoms. The fraction of sp³-hybridized carbons (Fsp3) is 0.571. The third-order valence-electron chi connectivity index (χ3n) is 3.73. The van der Waals surface area contributed by atoms with Crippen molar-refractivity contribution in [2.45, 2.75) is 30.8 Å². The predicted octanol–water partition coefficient (Wildman–Crippen LogP) is 1.07. The first-order chi connectivity index (χ1) is 9.36. The molecule has 6 heteroatoms. The van der Waals surface area contributed by atoms with Crippen molar-refractivity contribution in [1.29, 1.82) is 0 Å². The highest BCUT2D eigenvalue weighted by atomic mass is 32.2. The number of aliphatic hydroxyl groups is 1. The van der Waals surface area contributed by atoms with Crippen LogP contribution in [0.4, 0.5) is 5.69 Å². The van der Waals surface area contributed by atoms with Crippen molar-refractivity contribution in [1.82, 2.24) is 4.31 Å². The lowest BCUT2D eigenvalue weighted by Gasteiger charge is -2.23. The molecule has 5 nitrogen and oxygen atoms in total. The SMILES string of the molecule is CC[C@@H](O)CN1CCc2ccc(S(=O)(=O)N(C)C)cc21. The van der Waals surface area contributed by atoms with Gasteiger partial charge in [-0.25, -0.2) is 12.7 Å². The predicted molar refractivity (Wildman–Crippen MR) is 79.5 cm³/mol. The highest BCUT2D eigenvalue weighted by Gasteiger charge is 2.25. The second-order valence-corrected chi connectivity index (χ2v) is 7.49. The molecule has 0 saturated heterocycles. The Morgan fingerprint density at radius 3 is 2.70 bits per heavy atom. The highest BCUT2D eigenvalue weighted by Crippen LogP contribution is 2.31. The average molecular weight is 298 g/mol. The van der Waals surface area contributed by atoms with Crippen LogP contribution in [-0.2, 0) is 16.4 Å². The lowest BCUT2D eigenvalue weighted by molar-refractivity contribution is 0.176. The molecule has 0 saturated carbocycles. The van der Waals surface area contributed by atoms with Gasteiger partial charge in [0.1, 0.15) is 0 Å². The zero-order valence-electron chi connectivity index (χ0n) is 12.2. The molecule has 0 aromatic heterocycles. The quantitative estimate of drug-likeness (QED) is 0.883. The summed E-state index contributed by atoms with van der Waals surface area (Å²) in [7, 11) is -0.354. The van der Waals surface area contributed by atoms with Gasteiger partial charge in [0.25, 0.3) is 0 Å². The number of fused-ring (bicyclic) bond motifs is 1. The summed E-state index contributed by atoms with van der Waals surface area (Å²) < 4.78 is 25.6. The van der Waals surface area contributed by atoms with E-state index in [2.05, 4.69) is 4.90 Å². The second-order valence-electron chi connectivity index (χ2n) is 5.34. The van der Waals surface area contributed by atoms with Crippen molar-refractivity contribution in [3.63, 3.8) is 0 Å². The van der Waals surface area contributed by atoms with Crippen LogP contribution in [0.15, 0.2) is 23.1 Å². The number of β-amino-alcohol motifs (C(OH)–C–C–N with tert-alkyl or cyclic N) is 1. The van der Waals surface area contributed by atoms with Crippen LogP contribution in [0.1, 0.15) is 18.9 Å². The Morgan fingerprint density at radius 2 is 2.10 bits per heavy atom. The number of benzene rings is 1. The van der Waals surface area contributed by atoms with Crippen molar-refractivity contribution in [2.75, 3.05) is 32.1 Å². The van der Waals surface area contributed by atoms with Crippen LogP contribution in [-0.4, -0.2) is 51.1 Å². The molecule has 1 aliphatic heterocycles. The van der Waals surface area contributed by atoms with Crippen molar-refractivity contribution >= 4 is 15.7 Å². The molecule has 1 aromatic rings. The van der Waals surface area contributed by atoms with Crippen LogP contribution in [0.5, 0.6) is 0 Å². The first kappa shape index (κ1) is 15.3. The zero-order chi connectivity index (χ0) is 14.9. The minimum absolute atomic E-state index is 0.305. The summed E-state index contributed by atoms with van der Waals surface area (Å²) in [6.07, 6.45) is 1.21. The molecule has 0 amide bonds. The fourth-order valence-corrected chi connectivity index (χ4v) is 3.29. The molecule has 0 radical (unpaired) electrons. The third-order valence-corrected chi connectivity index (χ3v) is 5.54. The van der Waals surface area contributed by atoms with Gasteiger partial charge >= 0.3 is 0 Å². The Bertz CT molecular complexity index is 584. The largest absolute Gasteiger partial charge is 0.391 e. The lowest BCUT2D eigenvalue weighted by Crippen LogP contribution is -2.30. The van der Waals surface area contributed by atoms with Gasteiger partial charge in [0.2, 0.25) is 10.0 Å². The number of sulfonamides is 1. The molecule has 0 bridgehead atoms. The molecule has 0 fully saturated rings. The van der Waals surface area contributed by atoms with E-state index in [9.17, 15) is 13.5 Å². The van der Waals surface area contributed by atoms with Crippen molar-refractivity contribution < 1.29 is 13.5 Å². The van der Waals surface area contributed by atoms with Crippen molar-refractivity contribution in [3.05, 3.63) is 23.8 Å². The van der Waals surface area contributed by atoms with E-state index in [0.717, 1.165) is 24.2 Å². The van der Waals surface area contributed by atoms with E-state index in [-0.39, 0.29) is 6.10 Å². The Morgan fingerprint density at radius 1 is 1.40 bits per heavy atom. The molecule has 1 aliphatic rings. The molecule has 112 valence electrons. The van der Waals surface area contributed by atoms with Gasteiger partial charge in [-0.2, -0.15) is 0 Å². The van der Waals surface area contributed by atoms with E-state index < -0.39 is 10.0 Å². The molecule has 0 aliphatic carbocycles. The maximum absolute atomic E-state index is 12.2. The van der Waals surface area contributed by atoms with Crippen molar-refractivity contribution in [3.8, 4) is 0 Å². The summed E-state index contributed by atoms with van der Waals surface area (Å²) in [5, 5.41) is 9.79. The molecule has 1 atom stereocenters. The summed E-state index contributed by atoms with van der Waals surface area (Å²) in [6, 6.07) is 5.26. The topological polar surface area (TPSA) is 60.9 Å². The Balaban J connectivity index is 2.33. The van der Waals surface area contributed by atoms with Crippen LogP contribution in [0.2, 0.25) is 0 Å². The van der Waals surface area contributed by atoms with Crippen LogP contribution in [0.3, 0.4) is 0 Å². The minimum Gasteiger partial charge on any atom is -0.391 e.